The smallest absolute Gasteiger partial charge is 0.339 e. The van der Waals surface area contributed by atoms with Crippen LogP contribution in [0.15, 0.2) is 70.0 Å². The molecule has 1 fully saturated rings. The van der Waals surface area contributed by atoms with Crippen molar-refractivity contribution >= 4 is 44.8 Å². The van der Waals surface area contributed by atoms with Gasteiger partial charge in [0.25, 0.3) is 15.9 Å². The number of amidine groups is 1. The van der Waals surface area contributed by atoms with E-state index in [0.29, 0.717) is 17.0 Å². The van der Waals surface area contributed by atoms with Gasteiger partial charge in [-0.1, -0.05) is 54.2 Å². The number of amides is 1. The molecule has 174 valence electrons. The Labute approximate surface area is 201 Å². The van der Waals surface area contributed by atoms with E-state index < -0.39 is 27.1 Å². The van der Waals surface area contributed by atoms with E-state index in [2.05, 4.69) is 14.4 Å². The van der Waals surface area contributed by atoms with E-state index >= 15 is 0 Å². The molecule has 1 unspecified atom stereocenters. The summed E-state index contributed by atoms with van der Waals surface area (Å²) in [5.74, 6) is -1.20. The number of ether oxygens (including phenoxy) is 1. The number of hydrogen-bond acceptors (Lipinski definition) is 8. The number of rotatable bonds is 5. The highest BCUT2D eigenvalue weighted by Crippen LogP contribution is 2.41. The van der Waals surface area contributed by atoms with Crippen LogP contribution >= 0.6 is 11.8 Å². The Balaban J connectivity index is 1.87. The molecule has 1 aromatic heterocycles. The van der Waals surface area contributed by atoms with E-state index in [1.807, 2.05) is 6.07 Å². The fourth-order valence-electron chi connectivity index (χ4n) is 3.43. The second-order valence-electron chi connectivity index (χ2n) is 7.37. The summed E-state index contributed by atoms with van der Waals surface area (Å²) in [4.78, 5) is 35.1. The second kappa shape index (κ2) is 9.35. The fraction of sp³-hybridized carbons (Fsp3) is 0.174. The van der Waals surface area contributed by atoms with Gasteiger partial charge < -0.3 is 4.74 Å². The molecule has 1 aliphatic heterocycles. The number of benzene rings is 2. The standard InChI is InChI=1S/C23H20N4O5S2/c1-14-13-15(2)25-22(24-14)27-20(28)19(16-9-5-4-6-10-16)33-23(27)26-34(30,31)18-12-8-7-11-17(18)21(29)32-3/h4-13,19H,1-3H3/b26-23+. The molecule has 0 bridgehead atoms. The van der Waals surface area contributed by atoms with Crippen LogP contribution in [0, 0.1) is 13.8 Å². The first kappa shape index (κ1) is 23.6. The number of esters is 1. The number of thioether (sulfide) groups is 1. The van der Waals surface area contributed by atoms with Crippen molar-refractivity contribution in [3.63, 3.8) is 0 Å². The molecule has 0 N–H and O–H groups in total. The summed E-state index contributed by atoms with van der Waals surface area (Å²) in [6.07, 6.45) is 0. The van der Waals surface area contributed by atoms with Gasteiger partial charge in [-0.25, -0.2) is 19.7 Å². The lowest BCUT2D eigenvalue weighted by molar-refractivity contribution is -0.117. The number of aryl methyl sites for hydroxylation is 2. The molecule has 11 heteroatoms. The lowest BCUT2D eigenvalue weighted by Gasteiger charge is -2.15. The highest BCUT2D eigenvalue weighted by molar-refractivity contribution is 8.16. The molecule has 9 nitrogen and oxygen atoms in total. The monoisotopic (exact) mass is 496 g/mol. The number of aromatic nitrogens is 2. The summed E-state index contributed by atoms with van der Waals surface area (Å²) < 4.78 is 35.3. The number of nitrogens with zero attached hydrogens (tertiary/aromatic N) is 4. The van der Waals surface area contributed by atoms with Crippen LogP contribution in [0.3, 0.4) is 0 Å². The number of anilines is 1. The normalized spacial score (nSPS) is 17.3. The summed E-state index contributed by atoms with van der Waals surface area (Å²) >= 11 is 0.979. The Morgan fingerprint density at radius 3 is 2.29 bits per heavy atom. The number of methoxy groups -OCH3 is 1. The van der Waals surface area contributed by atoms with Crippen molar-refractivity contribution in [2.75, 3.05) is 12.0 Å². The van der Waals surface area contributed by atoms with Gasteiger partial charge in [0.15, 0.2) is 5.17 Å². The Bertz CT molecular complexity index is 1390. The molecule has 4 rings (SSSR count). The molecular formula is C23H20N4O5S2. The maximum atomic E-state index is 13.5. The van der Waals surface area contributed by atoms with E-state index in [1.54, 1.807) is 44.2 Å². The predicted octanol–water partition coefficient (Wildman–Crippen LogP) is 3.45. The molecule has 0 radical (unpaired) electrons. The first-order valence-electron chi connectivity index (χ1n) is 10.1. The van der Waals surface area contributed by atoms with Gasteiger partial charge in [-0.3, -0.25) is 4.79 Å². The summed E-state index contributed by atoms with van der Waals surface area (Å²) in [6, 6.07) is 16.3. The van der Waals surface area contributed by atoms with Gasteiger partial charge in [-0.2, -0.15) is 8.42 Å². The van der Waals surface area contributed by atoms with Gasteiger partial charge in [0.05, 0.1) is 12.7 Å². The van der Waals surface area contributed by atoms with Gasteiger partial charge in [0, 0.05) is 11.4 Å². The SMILES string of the molecule is COC(=O)c1ccccc1S(=O)(=O)/N=C1/SC(c2ccccc2)C(=O)N1c1nc(C)cc(C)n1. The topological polar surface area (TPSA) is 119 Å². The van der Waals surface area contributed by atoms with E-state index in [4.69, 9.17) is 4.74 Å². The predicted molar refractivity (Wildman–Crippen MR) is 128 cm³/mol. The molecule has 0 aliphatic carbocycles. The van der Waals surface area contributed by atoms with Crippen molar-refractivity contribution in [1.82, 2.24) is 9.97 Å². The maximum absolute atomic E-state index is 13.5. The van der Waals surface area contributed by atoms with E-state index in [0.717, 1.165) is 23.8 Å². The molecule has 1 amide bonds. The Morgan fingerprint density at radius 1 is 1.03 bits per heavy atom. The zero-order valence-electron chi connectivity index (χ0n) is 18.5. The average Bonchev–Trinajstić information content (AvgIpc) is 3.13. The summed E-state index contributed by atoms with van der Waals surface area (Å²) in [5.41, 5.74) is 1.75. The van der Waals surface area contributed by atoms with Gasteiger partial charge in [0.2, 0.25) is 5.95 Å². The van der Waals surface area contributed by atoms with Gasteiger partial charge in [0.1, 0.15) is 10.1 Å². The summed E-state index contributed by atoms with van der Waals surface area (Å²) in [5, 5.41) is -0.848. The van der Waals surface area contributed by atoms with Crippen LogP contribution in [0.25, 0.3) is 0 Å². The van der Waals surface area contributed by atoms with Crippen LogP contribution in [0.2, 0.25) is 0 Å². The van der Waals surface area contributed by atoms with Crippen molar-refractivity contribution < 1.29 is 22.7 Å². The third-order valence-electron chi connectivity index (χ3n) is 4.90. The molecule has 2 aromatic carbocycles. The molecule has 0 saturated carbocycles. The maximum Gasteiger partial charge on any atom is 0.339 e. The lowest BCUT2D eigenvalue weighted by Crippen LogP contribution is -2.32. The van der Waals surface area contributed by atoms with Gasteiger partial charge in [-0.15, -0.1) is 4.40 Å². The quantitative estimate of drug-likeness (QED) is 0.493. The van der Waals surface area contributed by atoms with Crippen LogP contribution in [-0.4, -0.2) is 42.5 Å². The first-order chi connectivity index (χ1) is 16.2. The molecule has 1 aliphatic rings. The first-order valence-corrected chi connectivity index (χ1v) is 12.4. The van der Waals surface area contributed by atoms with E-state index in [9.17, 15) is 18.0 Å². The third kappa shape index (κ3) is 4.57. The zero-order valence-corrected chi connectivity index (χ0v) is 20.1. The van der Waals surface area contributed by atoms with Gasteiger partial charge >= 0.3 is 5.97 Å². The van der Waals surface area contributed by atoms with Crippen molar-refractivity contribution in [2.24, 2.45) is 4.40 Å². The third-order valence-corrected chi connectivity index (χ3v) is 7.54. The van der Waals surface area contributed by atoms with E-state index in [-0.39, 0.29) is 21.6 Å². The lowest BCUT2D eigenvalue weighted by atomic mass is 10.1. The summed E-state index contributed by atoms with van der Waals surface area (Å²) in [7, 11) is -3.24. The Hall–Kier alpha value is -3.57. The molecular weight excluding hydrogens is 476 g/mol. The van der Waals surface area contributed by atoms with Crippen LogP contribution < -0.4 is 4.90 Å². The molecule has 2 heterocycles. The highest BCUT2D eigenvalue weighted by Gasteiger charge is 2.43. The second-order valence-corrected chi connectivity index (χ2v) is 10.0. The molecule has 1 atom stereocenters. The van der Waals surface area contributed by atoms with Crippen molar-refractivity contribution in [2.45, 2.75) is 24.0 Å². The molecule has 34 heavy (non-hydrogen) atoms. The van der Waals surface area contributed by atoms with Crippen molar-refractivity contribution in [1.29, 1.82) is 0 Å². The summed E-state index contributed by atoms with van der Waals surface area (Å²) in [6.45, 7) is 3.50. The van der Waals surface area contributed by atoms with E-state index in [1.165, 1.54) is 24.3 Å². The van der Waals surface area contributed by atoms with Crippen LogP contribution in [0.1, 0.15) is 32.6 Å². The van der Waals surface area contributed by atoms with Crippen LogP contribution in [0.5, 0.6) is 0 Å². The minimum absolute atomic E-state index is 0.0311. The number of carbonyl (C=O) groups is 2. The van der Waals surface area contributed by atoms with Crippen LogP contribution in [-0.2, 0) is 19.6 Å². The van der Waals surface area contributed by atoms with Crippen molar-refractivity contribution in [3.8, 4) is 0 Å². The average molecular weight is 497 g/mol. The molecule has 0 spiro atoms. The Morgan fingerprint density at radius 2 is 1.65 bits per heavy atom. The fourth-order valence-corrected chi connectivity index (χ4v) is 5.95. The largest absolute Gasteiger partial charge is 0.465 e. The van der Waals surface area contributed by atoms with Crippen LogP contribution in [0.4, 0.5) is 5.95 Å². The molecule has 1 saturated heterocycles. The van der Waals surface area contributed by atoms with Gasteiger partial charge in [-0.05, 0) is 37.6 Å². The minimum Gasteiger partial charge on any atom is -0.465 e. The van der Waals surface area contributed by atoms with Crippen molar-refractivity contribution in [3.05, 3.63) is 83.2 Å². The Kier molecular flexibility index (Phi) is 6.49. The number of sulfonamides is 1. The zero-order chi connectivity index (χ0) is 24.5. The number of carbonyl (C=O) groups excluding carboxylic acids is 2. The molecule has 3 aromatic rings. The number of hydrogen-bond donors (Lipinski definition) is 0. The minimum atomic E-state index is -4.40. The highest BCUT2D eigenvalue weighted by atomic mass is 32.2.